The second kappa shape index (κ2) is 8.80. The van der Waals surface area contributed by atoms with Crippen LogP contribution in [-0.4, -0.2) is 18.6 Å². The number of rotatable bonds is 7. The van der Waals surface area contributed by atoms with Crippen molar-refractivity contribution in [2.24, 2.45) is 0 Å². The average molecular weight is 395 g/mol. The van der Waals surface area contributed by atoms with E-state index >= 15 is 0 Å². The number of nitrogens with one attached hydrogen (secondary N) is 2. The van der Waals surface area contributed by atoms with Crippen LogP contribution in [0.2, 0.25) is 0 Å². The van der Waals surface area contributed by atoms with Gasteiger partial charge in [-0.1, -0.05) is 19.1 Å². The summed E-state index contributed by atoms with van der Waals surface area (Å²) >= 11 is 3.22. The molecule has 0 fully saturated rings. The Morgan fingerprint density at radius 3 is 2.79 bits per heavy atom. The zero-order valence-electron chi connectivity index (χ0n) is 13.6. The van der Waals surface area contributed by atoms with E-state index in [-0.39, 0.29) is 11.7 Å². The molecular weight excluding hydrogens is 375 g/mol. The lowest BCUT2D eigenvalue weighted by Gasteiger charge is -2.16. The van der Waals surface area contributed by atoms with E-state index in [2.05, 4.69) is 26.6 Å². The van der Waals surface area contributed by atoms with Gasteiger partial charge in [-0.2, -0.15) is 0 Å². The van der Waals surface area contributed by atoms with Gasteiger partial charge >= 0.3 is 0 Å². The molecule has 0 aliphatic carbocycles. The Morgan fingerprint density at radius 2 is 2.08 bits per heavy atom. The van der Waals surface area contributed by atoms with Crippen molar-refractivity contribution in [1.29, 1.82) is 0 Å². The smallest absolute Gasteiger partial charge is 0.265 e. The summed E-state index contributed by atoms with van der Waals surface area (Å²) in [6.07, 6.45) is -0.718. The van der Waals surface area contributed by atoms with Crippen LogP contribution in [0.5, 0.6) is 5.75 Å². The lowest BCUT2D eigenvalue weighted by molar-refractivity contribution is -0.122. The van der Waals surface area contributed by atoms with Crippen LogP contribution in [0.1, 0.15) is 19.4 Å². The highest BCUT2D eigenvalue weighted by Gasteiger charge is 2.16. The van der Waals surface area contributed by atoms with E-state index in [0.717, 1.165) is 18.7 Å². The summed E-state index contributed by atoms with van der Waals surface area (Å²) in [4.78, 5) is 12.3. The molecule has 1 unspecified atom stereocenters. The fourth-order valence-corrected chi connectivity index (χ4v) is 2.53. The Labute approximate surface area is 149 Å². The summed E-state index contributed by atoms with van der Waals surface area (Å²) in [6, 6.07) is 11.7. The molecule has 24 heavy (non-hydrogen) atoms. The molecule has 6 heteroatoms. The zero-order valence-corrected chi connectivity index (χ0v) is 15.2. The van der Waals surface area contributed by atoms with Gasteiger partial charge < -0.3 is 15.4 Å². The van der Waals surface area contributed by atoms with Crippen molar-refractivity contribution in [2.75, 3.05) is 11.9 Å². The van der Waals surface area contributed by atoms with Gasteiger partial charge in [0.15, 0.2) is 6.10 Å². The van der Waals surface area contributed by atoms with Crippen LogP contribution in [0.15, 0.2) is 46.9 Å². The van der Waals surface area contributed by atoms with Gasteiger partial charge in [-0.3, -0.25) is 4.79 Å². The fourth-order valence-electron chi connectivity index (χ4n) is 2.09. The molecular formula is C18H20BrFN2O2. The van der Waals surface area contributed by atoms with Gasteiger partial charge in [0.25, 0.3) is 5.91 Å². The molecule has 2 rings (SSSR count). The van der Waals surface area contributed by atoms with E-state index in [0.29, 0.717) is 15.9 Å². The standard InChI is InChI=1S/C18H20BrFN2O2/c1-3-21-11-13-5-4-6-15(9-13)22-18(23)12(2)24-17-8-7-14(20)10-16(17)19/h4-10,12,21H,3,11H2,1-2H3,(H,22,23). The second-order valence-electron chi connectivity index (χ2n) is 5.30. The molecule has 0 heterocycles. The highest BCUT2D eigenvalue weighted by atomic mass is 79.9. The molecule has 2 aromatic rings. The SMILES string of the molecule is CCNCc1cccc(NC(=O)C(C)Oc2ccc(F)cc2Br)c1. The molecule has 4 nitrogen and oxygen atoms in total. The largest absolute Gasteiger partial charge is 0.480 e. The van der Waals surface area contributed by atoms with E-state index in [1.165, 1.54) is 18.2 Å². The van der Waals surface area contributed by atoms with Crippen molar-refractivity contribution in [3.05, 3.63) is 58.3 Å². The molecule has 128 valence electrons. The maximum Gasteiger partial charge on any atom is 0.265 e. The predicted octanol–water partition coefficient (Wildman–Crippen LogP) is 4.10. The van der Waals surface area contributed by atoms with Crippen LogP contribution in [0, 0.1) is 5.82 Å². The maximum atomic E-state index is 13.1. The molecule has 0 spiro atoms. The Kier molecular flexibility index (Phi) is 6.75. The first-order valence-corrected chi connectivity index (χ1v) is 8.51. The van der Waals surface area contributed by atoms with Gasteiger partial charge in [0.2, 0.25) is 0 Å². The number of hydrogen-bond donors (Lipinski definition) is 2. The van der Waals surface area contributed by atoms with Crippen LogP contribution >= 0.6 is 15.9 Å². The summed E-state index contributed by atoms with van der Waals surface area (Å²) in [7, 11) is 0. The molecule has 0 saturated carbocycles. The lowest BCUT2D eigenvalue weighted by atomic mass is 10.2. The molecule has 0 saturated heterocycles. The average Bonchev–Trinajstić information content (AvgIpc) is 2.55. The number of carbonyl (C=O) groups is 1. The highest BCUT2D eigenvalue weighted by Crippen LogP contribution is 2.26. The third-order valence-electron chi connectivity index (χ3n) is 3.34. The van der Waals surface area contributed by atoms with Crippen molar-refractivity contribution in [2.45, 2.75) is 26.5 Å². The van der Waals surface area contributed by atoms with Gasteiger partial charge in [0.1, 0.15) is 11.6 Å². The molecule has 2 aromatic carbocycles. The van der Waals surface area contributed by atoms with Crippen molar-refractivity contribution in [3.63, 3.8) is 0 Å². The van der Waals surface area contributed by atoms with Crippen LogP contribution in [0.25, 0.3) is 0 Å². The topological polar surface area (TPSA) is 50.4 Å². The molecule has 0 aromatic heterocycles. The molecule has 0 bridgehead atoms. The normalized spacial score (nSPS) is 11.8. The molecule has 0 aliphatic heterocycles. The van der Waals surface area contributed by atoms with E-state index < -0.39 is 6.10 Å². The Balaban J connectivity index is 1.98. The van der Waals surface area contributed by atoms with E-state index in [9.17, 15) is 9.18 Å². The van der Waals surface area contributed by atoms with Crippen molar-refractivity contribution in [1.82, 2.24) is 5.32 Å². The van der Waals surface area contributed by atoms with Crippen LogP contribution in [0.4, 0.5) is 10.1 Å². The second-order valence-corrected chi connectivity index (χ2v) is 6.16. The van der Waals surface area contributed by atoms with Gasteiger partial charge in [-0.25, -0.2) is 4.39 Å². The Morgan fingerprint density at radius 1 is 1.29 bits per heavy atom. The van der Waals surface area contributed by atoms with Crippen LogP contribution < -0.4 is 15.4 Å². The molecule has 0 aliphatic rings. The maximum absolute atomic E-state index is 13.1. The number of carbonyl (C=O) groups excluding carboxylic acids is 1. The van der Waals surface area contributed by atoms with E-state index in [1.54, 1.807) is 6.92 Å². The number of hydrogen-bond acceptors (Lipinski definition) is 3. The van der Waals surface area contributed by atoms with Gasteiger partial charge in [-0.05, 0) is 65.3 Å². The minimum Gasteiger partial charge on any atom is -0.480 e. The molecule has 1 amide bonds. The number of benzene rings is 2. The van der Waals surface area contributed by atoms with Gasteiger partial charge in [0, 0.05) is 12.2 Å². The summed E-state index contributed by atoms with van der Waals surface area (Å²) in [5.41, 5.74) is 1.80. The van der Waals surface area contributed by atoms with Gasteiger partial charge in [0.05, 0.1) is 4.47 Å². The monoisotopic (exact) mass is 394 g/mol. The molecule has 2 N–H and O–H groups in total. The molecule has 1 atom stereocenters. The summed E-state index contributed by atoms with van der Waals surface area (Å²) in [6.45, 7) is 5.31. The van der Waals surface area contributed by atoms with E-state index in [1.807, 2.05) is 31.2 Å². The summed E-state index contributed by atoms with van der Waals surface area (Å²) in [5.74, 6) is -0.226. The van der Waals surface area contributed by atoms with Gasteiger partial charge in [-0.15, -0.1) is 0 Å². The Hall–Kier alpha value is -1.92. The first kappa shape index (κ1) is 18.4. The van der Waals surface area contributed by atoms with Crippen molar-refractivity contribution in [3.8, 4) is 5.75 Å². The zero-order chi connectivity index (χ0) is 17.5. The number of halogens is 2. The Bertz CT molecular complexity index is 709. The minimum absolute atomic E-state index is 0.271. The third kappa shape index (κ3) is 5.32. The number of amides is 1. The first-order chi connectivity index (χ1) is 11.5. The summed E-state index contributed by atoms with van der Waals surface area (Å²) in [5, 5.41) is 6.07. The minimum atomic E-state index is -0.718. The van der Waals surface area contributed by atoms with Crippen molar-refractivity contribution >= 4 is 27.5 Å². The number of ether oxygens (including phenoxy) is 1. The third-order valence-corrected chi connectivity index (χ3v) is 3.96. The van der Waals surface area contributed by atoms with Crippen molar-refractivity contribution < 1.29 is 13.9 Å². The number of anilines is 1. The molecule has 0 radical (unpaired) electrons. The van der Waals surface area contributed by atoms with Crippen LogP contribution in [0.3, 0.4) is 0 Å². The quantitative estimate of drug-likeness (QED) is 0.742. The fraction of sp³-hybridized carbons (Fsp3) is 0.278. The summed E-state index contributed by atoms with van der Waals surface area (Å²) < 4.78 is 19.1. The van der Waals surface area contributed by atoms with Crippen LogP contribution in [-0.2, 0) is 11.3 Å². The lowest BCUT2D eigenvalue weighted by Crippen LogP contribution is -2.30. The predicted molar refractivity (Wildman–Crippen MR) is 96.6 cm³/mol. The first-order valence-electron chi connectivity index (χ1n) is 7.72. The van der Waals surface area contributed by atoms with E-state index in [4.69, 9.17) is 4.74 Å². The highest BCUT2D eigenvalue weighted by molar-refractivity contribution is 9.10.